The monoisotopic (exact) mass is 695 g/mol. The molecule has 0 unspecified atom stereocenters. The van der Waals surface area contributed by atoms with Crippen molar-refractivity contribution < 1.29 is 0 Å². The van der Waals surface area contributed by atoms with Crippen LogP contribution in [0.25, 0.3) is 67.3 Å². The van der Waals surface area contributed by atoms with Crippen LogP contribution in [0.4, 0.5) is 17.1 Å². The molecule has 0 bridgehead atoms. The minimum atomic E-state index is 0.597. The molecule has 0 atom stereocenters. The molecule has 54 heavy (non-hydrogen) atoms. The van der Waals surface area contributed by atoms with Gasteiger partial charge in [-0.25, -0.2) is 15.0 Å². The highest BCUT2D eigenvalue weighted by Crippen LogP contribution is 2.54. The van der Waals surface area contributed by atoms with Gasteiger partial charge in [0.1, 0.15) is 0 Å². The smallest absolute Gasteiger partial charge is 0.164 e. The maximum Gasteiger partial charge on any atom is 0.164 e. The lowest BCUT2D eigenvalue weighted by atomic mass is 9.98. The van der Waals surface area contributed by atoms with E-state index in [4.69, 9.17) is 15.0 Å². The van der Waals surface area contributed by atoms with Crippen LogP contribution in [-0.4, -0.2) is 19.5 Å². The SMILES string of the molecule is C=C/C=C(\C=C/CC)c1nc(-c2ccccc2)nc(-c2cccc(N3c4ccccc4-c4c(n(-c5ccccc5)c5ccccc45)-c4ccccc43)c2)n1. The molecule has 9 rings (SSSR count). The molecular weight excluding hydrogens is 659 g/mol. The Morgan fingerprint density at radius 1 is 0.611 bits per heavy atom. The third-order valence-corrected chi connectivity index (χ3v) is 9.82. The molecule has 1 aliphatic heterocycles. The van der Waals surface area contributed by atoms with Crippen molar-refractivity contribution >= 4 is 33.5 Å². The molecule has 0 saturated carbocycles. The van der Waals surface area contributed by atoms with E-state index in [1.807, 2.05) is 36.4 Å². The Morgan fingerprint density at radius 3 is 1.98 bits per heavy atom. The number of fused-ring (bicyclic) bond motifs is 7. The molecule has 5 nitrogen and oxygen atoms in total. The summed E-state index contributed by atoms with van der Waals surface area (Å²) in [5, 5.41) is 1.21. The number of benzene rings is 6. The first-order valence-corrected chi connectivity index (χ1v) is 18.3. The molecule has 1 aliphatic rings. The number of hydrogen-bond acceptors (Lipinski definition) is 4. The van der Waals surface area contributed by atoms with E-state index in [1.54, 1.807) is 6.08 Å². The highest BCUT2D eigenvalue weighted by atomic mass is 15.2. The largest absolute Gasteiger partial charge is 0.309 e. The Balaban J connectivity index is 1.27. The van der Waals surface area contributed by atoms with Gasteiger partial charge in [0.25, 0.3) is 0 Å². The van der Waals surface area contributed by atoms with E-state index in [0.717, 1.165) is 57.0 Å². The van der Waals surface area contributed by atoms with Crippen LogP contribution in [0.2, 0.25) is 0 Å². The lowest BCUT2D eigenvalue weighted by Gasteiger charge is -2.28. The van der Waals surface area contributed by atoms with Gasteiger partial charge in [0.15, 0.2) is 17.5 Å². The van der Waals surface area contributed by atoms with Gasteiger partial charge in [0.05, 0.1) is 22.6 Å². The summed E-state index contributed by atoms with van der Waals surface area (Å²) in [4.78, 5) is 17.5. The summed E-state index contributed by atoms with van der Waals surface area (Å²) in [6.07, 6.45) is 8.79. The van der Waals surface area contributed by atoms with Crippen molar-refractivity contribution in [3.8, 4) is 50.8 Å². The van der Waals surface area contributed by atoms with Gasteiger partial charge in [0, 0.05) is 50.2 Å². The van der Waals surface area contributed by atoms with E-state index in [0.29, 0.717) is 17.5 Å². The van der Waals surface area contributed by atoms with Crippen LogP contribution >= 0.6 is 0 Å². The Labute approximate surface area is 315 Å². The zero-order valence-corrected chi connectivity index (χ0v) is 30.0. The van der Waals surface area contributed by atoms with Crippen LogP contribution in [0, 0.1) is 0 Å². The van der Waals surface area contributed by atoms with Crippen molar-refractivity contribution in [1.82, 2.24) is 19.5 Å². The van der Waals surface area contributed by atoms with Crippen LogP contribution in [0.1, 0.15) is 19.2 Å². The maximum atomic E-state index is 5.09. The topological polar surface area (TPSA) is 46.8 Å². The molecule has 5 heteroatoms. The Morgan fingerprint density at radius 2 is 1.22 bits per heavy atom. The number of rotatable bonds is 8. The fourth-order valence-electron chi connectivity index (χ4n) is 7.48. The summed E-state index contributed by atoms with van der Waals surface area (Å²) in [5.41, 5.74) is 12.9. The van der Waals surface area contributed by atoms with Gasteiger partial charge in [-0.2, -0.15) is 0 Å². The van der Waals surface area contributed by atoms with E-state index in [9.17, 15) is 0 Å². The molecule has 0 N–H and O–H groups in total. The fraction of sp³-hybridized carbons (Fsp3) is 0.0408. The van der Waals surface area contributed by atoms with Gasteiger partial charge in [-0.05, 0) is 48.9 Å². The quantitative estimate of drug-likeness (QED) is 0.148. The molecule has 0 aliphatic carbocycles. The summed E-state index contributed by atoms with van der Waals surface area (Å²) in [6.45, 7) is 6.08. The van der Waals surface area contributed by atoms with Crippen LogP contribution in [0.15, 0.2) is 189 Å². The summed E-state index contributed by atoms with van der Waals surface area (Å²) in [6, 6.07) is 55.5. The molecule has 0 fully saturated rings. The van der Waals surface area contributed by atoms with E-state index in [-0.39, 0.29) is 0 Å². The Bertz CT molecular complexity index is 2720. The first-order chi connectivity index (χ1) is 26.7. The molecule has 0 amide bonds. The lowest BCUT2D eigenvalue weighted by molar-refractivity contribution is 1.04. The van der Waals surface area contributed by atoms with Crippen molar-refractivity contribution in [2.75, 3.05) is 4.90 Å². The highest BCUT2D eigenvalue weighted by Gasteiger charge is 2.31. The number of nitrogens with zero attached hydrogens (tertiary/aromatic N) is 5. The molecule has 0 spiro atoms. The van der Waals surface area contributed by atoms with E-state index < -0.39 is 0 Å². The van der Waals surface area contributed by atoms with Crippen molar-refractivity contribution in [1.29, 1.82) is 0 Å². The minimum Gasteiger partial charge on any atom is -0.309 e. The maximum absolute atomic E-state index is 5.09. The average molecular weight is 696 g/mol. The zero-order valence-electron chi connectivity index (χ0n) is 30.0. The van der Waals surface area contributed by atoms with Gasteiger partial charge >= 0.3 is 0 Å². The third kappa shape index (κ3) is 5.73. The van der Waals surface area contributed by atoms with Gasteiger partial charge < -0.3 is 9.47 Å². The number of aromatic nitrogens is 4. The second kappa shape index (κ2) is 14.1. The van der Waals surface area contributed by atoms with Gasteiger partial charge in [0.2, 0.25) is 0 Å². The molecule has 258 valence electrons. The minimum absolute atomic E-state index is 0.597. The summed E-state index contributed by atoms with van der Waals surface area (Å²) < 4.78 is 2.42. The van der Waals surface area contributed by atoms with Crippen LogP contribution in [-0.2, 0) is 0 Å². The first kappa shape index (κ1) is 32.8. The predicted molar refractivity (Wildman–Crippen MR) is 224 cm³/mol. The van der Waals surface area contributed by atoms with E-state index in [2.05, 4.69) is 163 Å². The fourth-order valence-corrected chi connectivity index (χ4v) is 7.48. The lowest BCUT2D eigenvalue weighted by Crippen LogP contribution is -2.11. The Kier molecular flexibility index (Phi) is 8.58. The van der Waals surface area contributed by atoms with Crippen molar-refractivity contribution in [2.45, 2.75) is 13.3 Å². The van der Waals surface area contributed by atoms with E-state index in [1.165, 1.54) is 22.2 Å². The molecule has 0 saturated heterocycles. The predicted octanol–water partition coefficient (Wildman–Crippen LogP) is 12.8. The van der Waals surface area contributed by atoms with Crippen LogP contribution < -0.4 is 4.90 Å². The number of allylic oxidation sites excluding steroid dienone is 5. The first-order valence-electron chi connectivity index (χ1n) is 18.3. The molecule has 3 heterocycles. The average Bonchev–Trinajstić information content (AvgIpc) is 3.52. The normalized spacial score (nSPS) is 12.3. The molecule has 2 aromatic heterocycles. The molecule has 6 aromatic carbocycles. The second-order valence-corrected chi connectivity index (χ2v) is 13.2. The second-order valence-electron chi connectivity index (χ2n) is 13.2. The number of anilines is 3. The van der Waals surface area contributed by atoms with Gasteiger partial charge in [-0.1, -0.05) is 153 Å². The highest BCUT2D eigenvalue weighted by molar-refractivity contribution is 6.13. The zero-order chi connectivity index (χ0) is 36.4. The Hall–Kier alpha value is -7.11. The molecular formula is C49H37N5. The van der Waals surface area contributed by atoms with Gasteiger partial charge in [-0.15, -0.1) is 0 Å². The van der Waals surface area contributed by atoms with Crippen LogP contribution in [0.5, 0.6) is 0 Å². The summed E-state index contributed by atoms with van der Waals surface area (Å²) in [7, 11) is 0. The number of para-hydroxylation sites is 4. The van der Waals surface area contributed by atoms with Crippen molar-refractivity contribution in [2.24, 2.45) is 0 Å². The van der Waals surface area contributed by atoms with Gasteiger partial charge in [-0.3, -0.25) is 0 Å². The summed E-state index contributed by atoms with van der Waals surface area (Å²) >= 11 is 0. The third-order valence-electron chi connectivity index (χ3n) is 9.82. The molecule has 0 radical (unpaired) electrons. The van der Waals surface area contributed by atoms with Crippen molar-refractivity contribution in [3.05, 3.63) is 194 Å². The van der Waals surface area contributed by atoms with Crippen molar-refractivity contribution in [3.63, 3.8) is 0 Å². The number of hydrogen-bond donors (Lipinski definition) is 0. The molecule has 8 aromatic rings. The van der Waals surface area contributed by atoms with Crippen LogP contribution in [0.3, 0.4) is 0 Å². The summed E-state index contributed by atoms with van der Waals surface area (Å²) in [5.74, 6) is 1.81. The standard InChI is InChI=1S/C49H37N5/c1-3-5-20-34(19-4-2)47-50-48(35-21-8-6-9-22-35)52-49(51-47)36-23-18-26-38(33-36)53-42-30-15-12-27-39(42)45-40-28-13-16-31-43(40)54(37-24-10-7-11-25-37)46(45)41-29-14-17-32-44(41)53/h4-33H,2-3H2,1H3/b20-5-,34-19+. The van der Waals surface area contributed by atoms with E-state index >= 15 is 0 Å².